The van der Waals surface area contributed by atoms with Crippen LogP contribution in [-0.4, -0.2) is 11.1 Å². The average Bonchev–Trinajstić information content (AvgIpc) is 2.50. The Kier molecular flexibility index (Phi) is 5.72. The second kappa shape index (κ2) is 7.57. The number of halogens is 4. The van der Waals surface area contributed by atoms with Crippen LogP contribution in [0, 0.1) is 0 Å². The zero-order chi connectivity index (χ0) is 17.7. The molecule has 7 heteroatoms. The van der Waals surface area contributed by atoms with Crippen molar-refractivity contribution < 1.29 is 22.6 Å². The molecule has 2 rings (SSSR count). The molecule has 0 N–H and O–H groups in total. The molecule has 0 saturated carbocycles. The average molecular weight is 358 g/mol. The van der Waals surface area contributed by atoms with Gasteiger partial charge in [-0.1, -0.05) is 17.7 Å². The van der Waals surface area contributed by atoms with Crippen molar-refractivity contribution in [3.8, 4) is 17.4 Å². The number of hydrogen-bond acceptors (Lipinski definition) is 3. The fourth-order valence-electron chi connectivity index (χ4n) is 1.88. The molecule has 0 aliphatic heterocycles. The lowest BCUT2D eigenvalue weighted by molar-refractivity contribution is -0.137. The Labute approximate surface area is 142 Å². The summed E-state index contributed by atoms with van der Waals surface area (Å²) in [6.45, 7) is 3.80. The summed E-state index contributed by atoms with van der Waals surface area (Å²) in [4.78, 5) is 3.62. The number of hydrogen-bond donors (Lipinski definition) is 0. The second-order valence-corrected chi connectivity index (χ2v) is 5.34. The number of pyridine rings is 1. The van der Waals surface area contributed by atoms with Gasteiger partial charge in [0.1, 0.15) is 22.6 Å². The Morgan fingerprint density at radius 1 is 1.17 bits per heavy atom. The molecule has 3 nitrogen and oxygen atoms in total. The van der Waals surface area contributed by atoms with Gasteiger partial charge in [0, 0.05) is 6.20 Å². The van der Waals surface area contributed by atoms with Crippen molar-refractivity contribution in [2.75, 3.05) is 0 Å². The lowest BCUT2D eigenvalue weighted by Gasteiger charge is -2.12. The van der Waals surface area contributed by atoms with E-state index in [1.54, 1.807) is 24.3 Å². The van der Waals surface area contributed by atoms with E-state index in [1.807, 2.05) is 26.0 Å². The van der Waals surface area contributed by atoms with Crippen LogP contribution in [0.25, 0.3) is 0 Å². The summed E-state index contributed by atoms with van der Waals surface area (Å²) in [6, 6.07) is 7.39. The summed E-state index contributed by atoms with van der Waals surface area (Å²) in [5.41, 5.74) is -0.929. The van der Waals surface area contributed by atoms with E-state index < -0.39 is 11.7 Å². The van der Waals surface area contributed by atoms with Crippen molar-refractivity contribution >= 4 is 11.6 Å². The predicted octanol–water partition coefficient (Wildman–Crippen LogP) is 5.89. The van der Waals surface area contributed by atoms with Gasteiger partial charge in [-0.05, 0) is 50.3 Å². The first-order valence-corrected chi connectivity index (χ1v) is 7.47. The maximum Gasteiger partial charge on any atom is 0.417 e. The zero-order valence-corrected chi connectivity index (χ0v) is 13.7. The third-order valence-electron chi connectivity index (χ3n) is 2.96. The van der Waals surface area contributed by atoms with Gasteiger partial charge >= 0.3 is 6.18 Å². The van der Waals surface area contributed by atoms with Gasteiger partial charge in [-0.15, -0.1) is 0 Å². The minimum atomic E-state index is -4.50. The number of rotatable bonds is 5. The van der Waals surface area contributed by atoms with E-state index in [2.05, 4.69) is 4.98 Å². The highest BCUT2D eigenvalue weighted by Crippen LogP contribution is 2.34. The molecule has 0 saturated heterocycles. The number of allylic oxidation sites excluding steroid dienone is 1. The van der Waals surface area contributed by atoms with Crippen LogP contribution in [0.4, 0.5) is 13.2 Å². The first kappa shape index (κ1) is 18.1. The molecule has 0 spiro atoms. The molecule has 1 heterocycles. The van der Waals surface area contributed by atoms with Gasteiger partial charge in [-0.3, -0.25) is 0 Å². The minimum Gasteiger partial charge on any atom is -0.487 e. The Balaban J connectivity index is 2.09. The smallest absolute Gasteiger partial charge is 0.417 e. The molecule has 0 aliphatic rings. The lowest BCUT2D eigenvalue weighted by Crippen LogP contribution is -2.07. The molecule has 0 radical (unpaired) electrons. The maximum absolute atomic E-state index is 12.6. The Bertz CT molecular complexity index is 715. The number of nitrogens with zero attached hydrogens (tertiary/aromatic N) is 1. The predicted molar refractivity (Wildman–Crippen MR) is 85.7 cm³/mol. The van der Waals surface area contributed by atoms with E-state index in [0.29, 0.717) is 17.7 Å². The van der Waals surface area contributed by atoms with E-state index in [1.165, 1.54) is 0 Å². The molecule has 24 heavy (non-hydrogen) atoms. The number of benzene rings is 1. The SMILES string of the molecule is C/C=C/C(C)Oc1ccc(Oc2ncc(C(F)(F)F)cc2Cl)cc1. The van der Waals surface area contributed by atoms with Gasteiger partial charge < -0.3 is 9.47 Å². The van der Waals surface area contributed by atoms with Gasteiger partial charge in [-0.25, -0.2) is 4.98 Å². The van der Waals surface area contributed by atoms with Gasteiger partial charge in [0.05, 0.1) is 5.56 Å². The highest BCUT2D eigenvalue weighted by molar-refractivity contribution is 6.31. The van der Waals surface area contributed by atoms with Crippen molar-refractivity contribution in [3.63, 3.8) is 0 Å². The van der Waals surface area contributed by atoms with Gasteiger partial charge in [0.2, 0.25) is 5.88 Å². The summed E-state index contributed by atoms with van der Waals surface area (Å²) in [6.07, 6.45) is -0.112. The summed E-state index contributed by atoms with van der Waals surface area (Å²) < 4.78 is 48.7. The first-order chi connectivity index (χ1) is 11.3. The van der Waals surface area contributed by atoms with E-state index in [4.69, 9.17) is 21.1 Å². The summed E-state index contributed by atoms with van der Waals surface area (Å²) in [5, 5.41) is -0.216. The maximum atomic E-state index is 12.6. The van der Waals surface area contributed by atoms with E-state index in [0.717, 1.165) is 6.07 Å². The molecule has 1 aromatic heterocycles. The Morgan fingerprint density at radius 3 is 2.33 bits per heavy atom. The molecule has 0 amide bonds. The summed E-state index contributed by atoms with van der Waals surface area (Å²) in [7, 11) is 0. The van der Waals surface area contributed by atoms with Crippen molar-refractivity contribution in [1.29, 1.82) is 0 Å². The molecule has 2 aromatic rings. The quantitative estimate of drug-likeness (QED) is 0.625. The van der Waals surface area contributed by atoms with E-state index in [-0.39, 0.29) is 17.0 Å². The molecule has 0 fully saturated rings. The largest absolute Gasteiger partial charge is 0.487 e. The van der Waals surface area contributed by atoms with Gasteiger partial charge in [0.25, 0.3) is 0 Å². The van der Waals surface area contributed by atoms with Crippen molar-refractivity contribution in [3.05, 3.63) is 59.3 Å². The van der Waals surface area contributed by atoms with Crippen LogP contribution in [-0.2, 0) is 6.18 Å². The highest BCUT2D eigenvalue weighted by atomic mass is 35.5. The number of alkyl halides is 3. The molecule has 128 valence electrons. The van der Waals surface area contributed by atoms with Crippen molar-refractivity contribution in [1.82, 2.24) is 4.98 Å². The third-order valence-corrected chi connectivity index (χ3v) is 3.23. The third kappa shape index (κ3) is 4.89. The molecule has 1 unspecified atom stereocenters. The Hall–Kier alpha value is -2.21. The number of aromatic nitrogens is 1. The monoisotopic (exact) mass is 357 g/mol. The summed E-state index contributed by atoms with van der Waals surface area (Å²) in [5.74, 6) is 0.926. The molecule has 0 aliphatic carbocycles. The normalized spacial score (nSPS) is 13.1. The van der Waals surface area contributed by atoms with Crippen LogP contribution in [0.3, 0.4) is 0 Å². The van der Waals surface area contributed by atoms with Crippen LogP contribution >= 0.6 is 11.6 Å². The Morgan fingerprint density at radius 2 is 1.79 bits per heavy atom. The van der Waals surface area contributed by atoms with Gasteiger partial charge in [0.15, 0.2) is 0 Å². The molecular weight excluding hydrogens is 343 g/mol. The molecular formula is C17H15ClF3NO2. The summed E-state index contributed by atoms with van der Waals surface area (Å²) >= 11 is 5.80. The standard InChI is InChI=1S/C17H15ClF3NO2/c1-3-4-11(2)23-13-5-7-14(8-6-13)24-16-15(18)9-12(10-22-16)17(19,20)21/h3-11H,1-2H3/b4-3+. The van der Waals surface area contributed by atoms with Crippen LogP contribution in [0.15, 0.2) is 48.7 Å². The molecule has 1 atom stereocenters. The topological polar surface area (TPSA) is 31.4 Å². The van der Waals surface area contributed by atoms with Crippen LogP contribution in [0.5, 0.6) is 17.4 Å². The van der Waals surface area contributed by atoms with Crippen LogP contribution in [0.2, 0.25) is 5.02 Å². The van der Waals surface area contributed by atoms with E-state index >= 15 is 0 Å². The van der Waals surface area contributed by atoms with Gasteiger partial charge in [-0.2, -0.15) is 13.2 Å². The fraction of sp³-hybridized carbons (Fsp3) is 0.235. The molecule has 0 bridgehead atoms. The lowest BCUT2D eigenvalue weighted by atomic mass is 10.3. The van der Waals surface area contributed by atoms with E-state index in [9.17, 15) is 13.2 Å². The minimum absolute atomic E-state index is 0.0761. The first-order valence-electron chi connectivity index (χ1n) is 7.09. The van der Waals surface area contributed by atoms with Crippen molar-refractivity contribution in [2.45, 2.75) is 26.1 Å². The van der Waals surface area contributed by atoms with Crippen LogP contribution < -0.4 is 9.47 Å². The fourth-order valence-corrected chi connectivity index (χ4v) is 2.08. The number of ether oxygens (including phenoxy) is 2. The highest BCUT2D eigenvalue weighted by Gasteiger charge is 2.31. The zero-order valence-electron chi connectivity index (χ0n) is 13.0. The molecule has 1 aromatic carbocycles. The second-order valence-electron chi connectivity index (χ2n) is 4.93. The van der Waals surface area contributed by atoms with Crippen molar-refractivity contribution in [2.24, 2.45) is 0 Å². The van der Waals surface area contributed by atoms with Crippen LogP contribution in [0.1, 0.15) is 19.4 Å².